The average Bonchev–Trinajstić information content (AvgIpc) is 3.34. The Kier molecular flexibility index (Phi) is 5.85. The van der Waals surface area contributed by atoms with Crippen LogP contribution in [0.5, 0.6) is 11.5 Å². The van der Waals surface area contributed by atoms with Crippen LogP contribution in [0.15, 0.2) is 42.5 Å². The predicted octanol–water partition coefficient (Wildman–Crippen LogP) is 4.22. The van der Waals surface area contributed by atoms with Crippen LogP contribution in [0.2, 0.25) is 0 Å². The molecule has 0 bridgehead atoms. The maximum Gasteiger partial charge on any atom is 0.257 e. The first kappa shape index (κ1) is 20.8. The molecule has 0 saturated carbocycles. The van der Waals surface area contributed by atoms with Crippen LogP contribution in [0, 0.1) is 5.82 Å². The predicted molar refractivity (Wildman–Crippen MR) is 116 cm³/mol. The zero-order valence-corrected chi connectivity index (χ0v) is 17.7. The van der Waals surface area contributed by atoms with Gasteiger partial charge in [-0.2, -0.15) is 0 Å². The molecule has 160 valence electrons. The van der Waals surface area contributed by atoms with Crippen LogP contribution in [0.25, 0.3) is 0 Å². The molecule has 1 aromatic heterocycles. The van der Waals surface area contributed by atoms with Crippen LogP contribution >= 0.6 is 11.3 Å². The Morgan fingerprint density at radius 1 is 1.10 bits per heavy atom. The number of amides is 2. The molecule has 0 radical (unpaired) electrons. The van der Waals surface area contributed by atoms with E-state index >= 15 is 0 Å². The number of thiazole rings is 1. The number of aryl methyl sites for hydroxylation is 1. The summed E-state index contributed by atoms with van der Waals surface area (Å²) in [6.45, 7) is 0. The molecule has 4 rings (SSSR count). The highest BCUT2D eigenvalue weighted by molar-refractivity contribution is 7.16. The van der Waals surface area contributed by atoms with Gasteiger partial charge in [-0.15, -0.1) is 11.3 Å². The summed E-state index contributed by atoms with van der Waals surface area (Å²) in [5, 5.41) is 6.04. The zero-order chi connectivity index (χ0) is 22.0. The molecular weight excluding hydrogens is 421 g/mol. The van der Waals surface area contributed by atoms with Gasteiger partial charge in [0.2, 0.25) is 5.91 Å². The number of rotatable bonds is 6. The lowest BCUT2D eigenvalue weighted by molar-refractivity contribution is -0.117. The minimum absolute atomic E-state index is 0.191. The van der Waals surface area contributed by atoms with E-state index in [4.69, 9.17) is 9.47 Å². The second kappa shape index (κ2) is 8.73. The summed E-state index contributed by atoms with van der Waals surface area (Å²) < 4.78 is 23.6. The maximum atomic E-state index is 13.1. The van der Waals surface area contributed by atoms with Gasteiger partial charge in [-0.25, -0.2) is 9.37 Å². The summed E-state index contributed by atoms with van der Waals surface area (Å²) in [6.07, 6.45) is 1.35. The van der Waals surface area contributed by atoms with E-state index in [1.807, 2.05) is 0 Å². The van der Waals surface area contributed by atoms with Crippen molar-refractivity contribution >= 4 is 34.0 Å². The van der Waals surface area contributed by atoms with Gasteiger partial charge >= 0.3 is 0 Å². The van der Waals surface area contributed by atoms with Crippen LogP contribution in [-0.2, 0) is 11.2 Å². The topological polar surface area (TPSA) is 89.6 Å². The second-order valence-corrected chi connectivity index (χ2v) is 8.02. The Labute approximate surface area is 182 Å². The highest BCUT2D eigenvalue weighted by Crippen LogP contribution is 2.39. The molecule has 31 heavy (non-hydrogen) atoms. The van der Waals surface area contributed by atoms with Crippen molar-refractivity contribution in [2.75, 3.05) is 24.9 Å². The summed E-state index contributed by atoms with van der Waals surface area (Å²) in [6, 6.07) is 10.4. The molecule has 1 aliphatic rings. The number of nitrogens with zero attached hydrogens (tertiary/aromatic N) is 1. The smallest absolute Gasteiger partial charge is 0.257 e. The van der Waals surface area contributed by atoms with Crippen molar-refractivity contribution in [3.05, 3.63) is 64.4 Å². The summed E-state index contributed by atoms with van der Waals surface area (Å²) >= 11 is 1.35. The van der Waals surface area contributed by atoms with Gasteiger partial charge in [0.05, 0.1) is 31.5 Å². The molecule has 2 N–H and O–H groups in total. The van der Waals surface area contributed by atoms with Crippen molar-refractivity contribution in [3.8, 4) is 11.5 Å². The fourth-order valence-electron chi connectivity index (χ4n) is 3.43. The highest BCUT2D eigenvalue weighted by Gasteiger charge is 2.33. The Morgan fingerprint density at radius 2 is 1.87 bits per heavy atom. The van der Waals surface area contributed by atoms with E-state index in [0.717, 1.165) is 4.88 Å². The van der Waals surface area contributed by atoms with Crippen molar-refractivity contribution in [3.63, 3.8) is 0 Å². The highest BCUT2D eigenvalue weighted by atomic mass is 32.1. The quantitative estimate of drug-likeness (QED) is 0.598. The second-order valence-electron chi connectivity index (χ2n) is 6.94. The van der Waals surface area contributed by atoms with Crippen molar-refractivity contribution in [1.29, 1.82) is 0 Å². The fourth-order valence-corrected chi connectivity index (χ4v) is 4.46. The van der Waals surface area contributed by atoms with E-state index in [1.165, 1.54) is 42.7 Å². The Hall–Kier alpha value is -3.46. The maximum absolute atomic E-state index is 13.1. The Balaban J connectivity index is 1.47. The zero-order valence-electron chi connectivity index (χ0n) is 16.9. The molecule has 3 aromatic rings. The minimum atomic E-state index is -0.422. The van der Waals surface area contributed by atoms with E-state index in [1.54, 1.807) is 25.3 Å². The summed E-state index contributed by atoms with van der Waals surface area (Å²) in [5.41, 5.74) is 1.55. The number of anilines is 2. The molecular formula is C22H20FN3O4S. The number of carbonyl (C=O) groups excluding carboxylic acids is 2. The summed E-state index contributed by atoms with van der Waals surface area (Å²) in [4.78, 5) is 30.7. The van der Waals surface area contributed by atoms with Gasteiger partial charge in [-0.1, -0.05) is 0 Å². The van der Waals surface area contributed by atoms with E-state index < -0.39 is 11.7 Å². The number of fused-ring (bicyclic) bond motifs is 1. The van der Waals surface area contributed by atoms with E-state index in [2.05, 4.69) is 15.6 Å². The number of aromatic nitrogens is 1. The number of ether oxygens (including phenoxy) is 2. The standard InChI is InChI=1S/C22H20FN3O4S/c1-29-14-7-9-16(17(11-14)30-2)24-21(28)15-8-10-18-19(15)25-22(31-18)26-20(27)12-3-5-13(23)6-4-12/h3-7,9,11,15H,8,10H2,1-2H3,(H,24,28)(H,25,26,27)/t15-/m1/s1. The first-order valence-electron chi connectivity index (χ1n) is 9.58. The third-order valence-electron chi connectivity index (χ3n) is 5.03. The summed E-state index contributed by atoms with van der Waals surface area (Å²) in [7, 11) is 3.08. The van der Waals surface area contributed by atoms with Crippen molar-refractivity contribution in [2.45, 2.75) is 18.8 Å². The molecule has 0 spiro atoms. The van der Waals surface area contributed by atoms with Gasteiger partial charge in [0.25, 0.3) is 5.91 Å². The van der Waals surface area contributed by atoms with E-state index in [-0.39, 0.29) is 11.8 Å². The molecule has 0 saturated heterocycles. The summed E-state index contributed by atoms with van der Waals surface area (Å²) in [5.74, 6) is -0.280. The number of hydrogen-bond acceptors (Lipinski definition) is 6. The van der Waals surface area contributed by atoms with Crippen molar-refractivity contribution in [2.24, 2.45) is 0 Å². The first-order chi connectivity index (χ1) is 15.0. The first-order valence-corrected chi connectivity index (χ1v) is 10.4. The number of benzene rings is 2. The molecule has 1 atom stereocenters. The number of halogens is 1. The molecule has 9 heteroatoms. The van der Waals surface area contributed by atoms with Gasteiger partial charge < -0.3 is 14.8 Å². The van der Waals surface area contributed by atoms with Gasteiger partial charge in [0, 0.05) is 16.5 Å². The lowest BCUT2D eigenvalue weighted by Gasteiger charge is -2.14. The lowest BCUT2D eigenvalue weighted by Crippen LogP contribution is -2.20. The molecule has 1 aliphatic carbocycles. The van der Waals surface area contributed by atoms with Crippen LogP contribution in [0.4, 0.5) is 15.2 Å². The Morgan fingerprint density at radius 3 is 2.58 bits per heavy atom. The lowest BCUT2D eigenvalue weighted by atomic mass is 10.1. The number of nitrogens with one attached hydrogen (secondary N) is 2. The van der Waals surface area contributed by atoms with Crippen molar-refractivity contribution in [1.82, 2.24) is 4.98 Å². The van der Waals surface area contributed by atoms with Gasteiger partial charge in [0.1, 0.15) is 17.3 Å². The van der Waals surface area contributed by atoms with Gasteiger partial charge in [0.15, 0.2) is 5.13 Å². The van der Waals surface area contributed by atoms with E-state index in [9.17, 15) is 14.0 Å². The number of hydrogen-bond donors (Lipinski definition) is 2. The molecule has 7 nitrogen and oxygen atoms in total. The number of methoxy groups -OCH3 is 2. The molecule has 2 amide bonds. The van der Waals surface area contributed by atoms with Gasteiger partial charge in [-0.3, -0.25) is 14.9 Å². The largest absolute Gasteiger partial charge is 0.497 e. The Bertz CT molecular complexity index is 1130. The molecule has 0 aliphatic heterocycles. The minimum Gasteiger partial charge on any atom is -0.497 e. The third-order valence-corrected chi connectivity index (χ3v) is 6.07. The fraction of sp³-hybridized carbons (Fsp3) is 0.227. The third kappa shape index (κ3) is 4.36. The monoisotopic (exact) mass is 441 g/mol. The number of carbonyl (C=O) groups is 2. The van der Waals surface area contributed by atoms with Crippen LogP contribution < -0.4 is 20.1 Å². The van der Waals surface area contributed by atoms with Gasteiger partial charge in [-0.05, 0) is 49.2 Å². The molecule has 1 heterocycles. The molecule has 0 unspecified atom stereocenters. The van der Waals surface area contributed by atoms with Crippen LogP contribution in [-0.4, -0.2) is 31.0 Å². The normalized spacial score (nSPS) is 14.6. The van der Waals surface area contributed by atoms with Crippen LogP contribution in [0.1, 0.15) is 33.3 Å². The van der Waals surface area contributed by atoms with Crippen LogP contribution in [0.3, 0.4) is 0 Å². The van der Waals surface area contributed by atoms with E-state index in [0.29, 0.717) is 46.4 Å². The SMILES string of the molecule is COc1ccc(NC(=O)[C@@H]2CCc3sc(NC(=O)c4ccc(F)cc4)nc32)c(OC)c1. The van der Waals surface area contributed by atoms with Crippen molar-refractivity contribution < 1.29 is 23.5 Å². The molecule has 2 aromatic carbocycles. The average molecular weight is 441 g/mol. The molecule has 0 fully saturated rings.